The zero-order valence-electron chi connectivity index (χ0n) is 11.6. The second kappa shape index (κ2) is 8.74. The maximum atomic E-state index is 11.4. The van der Waals surface area contributed by atoms with Gasteiger partial charge in [0, 0.05) is 0 Å². The van der Waals surface area contributed by atoms with Crippen molar-refractivity contribution in [1.82, 2.24) is 5.32 Å². The van der Waals surface area contributed by atoms with E-state index in [1.54, 1.807) is 6.92 Å². The predicted octanol–water partition coefficient (Wildman–Crippen LogP) is 1.79. The molecule has 108 valence electrons. The molecule has 0 aromatic heterocycles. The number of carbonyl (C=O) groups is 2. The summed E-state index contributed by atoms with van der Waals surface area (Å²) in [5, 5.41) is 2.73. The number of carbonyl (C=O) groups excluding carboxylic acids is 2. The number of rotatable bonds is 9. The maximum absolute atomic E-state index is 11.4. The van der Waals surface area contributed by atoms with Crippen molar-refractivity contribution in [1.29, 1.82) is 0 Å². The molecule has 0 saturated carbocycles. The van der Waals surface area contributed by atoms with Gasteiger partial charge < -0.3 is 14.8 Å². The Balaban J connectivity index is 2.19. The van der Waals surface area contributed by atoms with Crippen LogP contribution in [0, 0.1) is 0 Å². The number of hydrogen-bond donors (Lipinski definition) is 1. The fourth-order valence-electron chi connectivity index (χ4n) is 1.43. The highest BCUT2D eigenvalue weighted by atomic mass is 16.5. The minimum Gasteiger partial charge on any atom is -0.475 e. The summed E-state index contributed by atoms with van der Waals surface area (Å²) in [5.41, 5.74) is 1.01. The van der Waals surface area contributed by atoms with Crippen molar-refractivity contribution < 1.29 is 19.1 Å². The van der Waals surface area contributed by atoms with Gasteiger partial charge in [-0.1, -0.05) is 30.3 Å². The summed E-state index contributed by atoms with van der Waals surface area (Å²) in [6.07, 6.45) is -0.243. The summed E-state index contributed by atoms with van der Waals surface area (Å²) in [7, 11) is 0. The molecule has 1 rings (SSSR count). The van der Waals surface area contributed by atoms with Gasteiger partial charge >= 0.3 is 5.97 Å². The van der Waals surface area contributed by atoms with Gasteiger partial charge in [0.2, 0.25) is 0 Å². The molecule has 0 unspecified atom stereocenters. The monoisotopic (exact) mass is 277 g/mol. The number of benzene rings is 1. The molecule has 1 N–H and O–H groups in total. The highest BCUT2D eigenvalue weighted by molar-refractivity contribution is 5.96. The van der Waals surface area contributed by atoms with Crippen LogP contribution in [0.15, 0.2) is 42.8 Å². The van der Waals surface area contributed by atoms with E-state index in [1.807, 2.05) is 30.3 Å². The third-order valence-corrected chi connectivity index (χ3v) is 2.39. The van der Waals surface area contributed by atoms with Gasteiger partial charge in [-0.2, -0.15) is 0 Å². The quantitative estimate of drug-likeness (QED) is 0.423. The van der Waals surface area contributed by atoms with E-state index in [9.17, 15) is 9.59 Å². The molecule has 1 aromatic carbocycles. The number of esters is 1. The summed E-state index contributed by atoms with van der Waals surface area (Å²) >= 11 is 0. The van der Waals surface area contributed by atoms with Crippen molar-refractivity contribution in [3.8, 4) is 0 Å². The zero-order chi connectivity index (χ0) is 14.8. The van der Waals surface area contributed by atoms with E-state index in [-0.39, 0.29) is 25.4 Å². The van der Waals surface area contributed by atoms with E-state index in [2.05, 4.69) is 16.6 Å². The van der Waals surface area contributed by atoms with E-state index in [1.165, 1.54) is 0 Å². The second-order valence-corrected chi connectivity index (χ2v) is 4.07. The largest absolute Gasteiger partial charge is 0.475 e. The van der Waals surface area contributed by atoms with Gasteiger partial charge in [-0.05, 0) is 19.1 Å². The van der Waals surface area contributed by atoms with Crippen LogP contribution in [0.3, 0.4) is 0 Å². The Morgan fingerprint density at radius 1 is 1.20 bits per heavy atom. The lowest BCUT2D eigenvalue weighted by atomic mass is 10.2. The first kappa shape index (κ1) is 15.8. The summed E-state index contributed by atoms with van der Waals surface area (Å²) in [6.45, 7) is 5.99. The van der Waals surface area contributed by atoms with E-state index in [4.69, 9.17) is 4.74 Å². The fourth-order valence-corrected chi connectivity index (χ4v) is 1.43. The first-order valence-corrected chi connectivity index (χ1v) is 6.38. The minimum absolute atomic E-state index is 0.00750. The van der Waals surface area contributed by atoms with Crippen LogP contribution in [-0.4, -0.2) is 24.9 Å². The smallest absolute Gasteiger partial charge is 0.313 e. The topological polar surface area (TPSA) is 64.6 Å². The summed E-state index contributed by atoms with van der Waals surface area (Å²) in [4.78, 5) is 22.5. The van der Waals surface area contributed by atoms with Gasteiger partial charge in [-0.15, -0.1) is 0 Å². The Bertz CT molecular complexity index is 456. The number of nitrogens with one attached hydrogen (secondary N) is 1. The molecule has 0 atom stereocenters. The van der Waals surface area contributed by atoms with Crippen LogP contribution in [0.5, 0.6) is 0 Å². The first-order valence-electron chi connectivity index (χ1n) is 6.38. The van der Waals surface area contributed by atoms with E-state index in [0.717, 1.165) is 5.56 Å². The molecule has 0 spiro atoms. The molecule has 1 aromatic rings. The SMILES string of the molecule is C=C(NCC(=O)CC(=O)OCC)OCc1ccccc1. The molecule has 0 bridgehead atoms. The lowest BCUT2D eigenvalue weighted by Gasteiger charge is -2.10. The summed E-state index contributed by atoms with van der Waals surface area (Å²) in [6, 6.07) is 9.61. The fraction of sp³-hybridized carbons (Fsp3) is 0.333. The standard InChI is InChI=1S/C15H19NO4/c1-3-19-15(18)9-14(17)10-16-12(2)20-11-13-7-5-4-6-8-13/h4-8,16H,2-3,9-11H2,1H3. The predicted molar refractivity (Wildman–Crippen MR) is 74.6 cm³/mol. The third-order valence-electron chi connectivity index (χ3n) is 2.39. The number of hydrogen-bond acceptors (Lipinski definition) is 5. The van der Waals surface area contributed by atoms with Gasteiger partial charge in [0.05, 0.1) is 13.2 Å². The molecule has 5 heteroatoms. The van der Waals surface area contributed by atoms with Crippen LogP contribution in [0.1, 0.15) is 18.9 Å². The Kier molecular flexibility index (Phi) is 6.89. The van der Waals surface area contributed by atoms with Crippen molar-refractivity contribution in [2.24, 2.45) is 0 Å². The number of ketones is 1. The molecule has 20 heavy (non-hydrogen) atoms. The molecule has 0 heterocycles. The average molecular weight is 277 g/mol. The molecule has 0 aliphatic heterocycles. The lowest BCUT2D eigenvalue weighted by Crippen LogP contribution is -2.25. The van der Waals surface area contributed by atoms with Crippen LogP contribution in [-0.2, 0) is 25.7 Å². The molecule has 0 aliphatic rings. The van der Waals surface area contributed by atoms with E-state index in [0.29, 0.717) is 12.5 Å². The third kappa shape index (κ3) is 6.58. The molecule has 0 saturated heterocycles. The van der Waals surface area contributed by atoms with Crippen LogP contribution < -0.4 is 5.32 Å². The Morgan fingerprint density at radius 2 is 1.90 bits per heavy atom. The van der Waals surface area contributed by atoms with Crippen LogP contribution in [0.25, 0.3) is 0 Å². The van der Waals surface area contributed by atoms with Crippen molar-refractivity contribution in [3.05, 3.63) is 48.4 Å². The van der Waals surface area contributed by atoms with Gasteiger partial charge in [0.1, 0.15) is 13.0 Å². The number of ether oxygens (including phenoxy) is 2. The molecule has 0 radical (unpaired) electrons. The van der Waals surface area contributed by atoms with Gasteiger partial charge in [-0.25, -0.2) is 0 Å². The van der Waals surface area contributed by atoms with E-state index >= 15 is 0 Å². The molecule has 5 nitrogen and oxygen atoms in total. The highest BCUT2D eigenvalue weighted by Crippen LogP contribution is 2.02. The molecule has 0 fully saturated rings. The lowest BCUT2D eigenvalue weighted by molar-refractivity contribution is -0.145. The first-order chi connectivity index (χ1) is 9.61. The van der Waals surface area contributed by atoms with Gasteiger partial charge in [0.15, 0.2) is 11.7 Å². The van der Waals surface area contributed by atoms with Crippen molar-refractivity contribution in [2.45, 2.75) is 20.0 Å². The van der Waals surface area contributed by atoms with Crippen molar-refractivity contribution in [2.75, 3.05) is 13.2 Å². The van der Waals surface area contributed by atoms with Crippen LogP contribution in [0.4, 0.5) is 0 Å². The van der Waals surface area contributed by atoms with Gasteiger partial charge in [-0.3, -0.25) is 9.59 Å². The number of Topliss-reactive ketones (excluding diaryl/α,β-unsaturated/α-hetero) is 1. The normalized spacial score (nSPS) is 9.65. The highest BCUT2D eigenvalue weighted by Gasteiger charge is 2.10. The molecule has 0 aliphatic carbocycles. The Hall–Kier alpha value is -2.30. The summed E-state index contributed by atoms with van der Waals surface area (Å²) in [5.74, 6) is -0.492. The Morgan fingerprint density at radius 3 is 2.55 bits per heavy atom. The molecular formula is C15H19NO4. The second-order valence-electron chi connectivity index (χ2n) is 4.07. The molecular weight excluding hydrogens is 258 g/mol. The maximum Gasteiger partial charge on any atom is 0.313 e. The van der Waals surface area contributed by atoms with Gasteiger partial charge in [0.25, 0.3) is 0 Å². The molecule has 0 amide bonds. The van der Waals surface area contributed by atoms with Crippen LogP contribution in [0.2, 0.25) is 0 Å². The summed E-state index contributed by atoms with van der Waals surface area (Å²) < 4.78 is 10.0. The van der Waals surface area contributed by atoms with E-state index < -0.39 is 5.97 Å². The van der Waals surface area contributed by atoms with Crippen molar-refractivity contribution in [3.63, 3.8) is 0 Å². The van der Waals surface area contributed by atoms with Crippen LogP contribution >= 0.6 is 0 Å². The van der Waals surface area contributed by atoms with Crippen molar-refractivity contribution >= 4 is 11.8 Å². The minimum atomic E-state index is -0.518. The zero-order valence-corrected chi connectivity index (χ0v) is 11.6. The Labute approximate surface area is 118 Å². The average Bonchev–Trinajstić information content (AvgIpc) is 2.44.